The summed E-state index contributed by atoms with van der Waals surface area (Å²) in [7, 11) is 0. The van der Waals surface area contributed by atoms with Crippen molar-refractivity contribution in [2.45, 2.75) is 17.1 Å². The van der Waals surface area contributed by atoms with Crippen molar-refractivity contribution < 1.29 is 23.7 Å². The highest BCUT2D eigenvalue weighted by molar-refractivity contribution is 9.10. The van der Waals surface area contributed by atoms with Gasteiger partial charge in [-0.1, -0.05) is 34.1 Å². The van der Waals surface area contributed by atoms with Gasteiger partial charge in [-0.05, 0) is 85.3 Å². The number of hydrogen-bond acceptors (Lipinski definition) is 6. The van der Waals surface area contributed by atoms with Gasteiger partial charge in [-0.15, -0.1) is 11.8 Å². The molecule has 43 heavy (non-hydrogen) atoms. The molecule has 9 nitrogen and oxygen atoms in total. The summed E-state index contributed by atoms with van der Waals surface area (Å²) in [6.45, 7) is 1.69. The molecule has 0 aliphatic heterocycles. The number of hydrogen-bond donors (Lipinski definition) is 3. The minimum absolute atomic E-state index is 0.0772. The molecular formula is C31H24BrFN4O5S. The Labute approximate surface area is 258 Å². The molecule has 0 saturated carbocycles. The smallest absolute Gasteiger partial charge is 0.272 e. The first-order valence-corrected chi connectivity index (χ1v) is 14.4. The number of nitrogens with zero attached hydrogens (tertiary/aromatic N) is 1. The molecule has 0 spiro atoms. The first kappa shape index (κ1) is 31.1. The molecule has 0 saturated heterocycles. The molecule has 0 radical (unpaired) electrons. The number of nitro benzene ring substituents is 1. The van der Waals surface area contributed by atoms with Crippen LogP contribution in [-0.2, 0) is 9.59 Å². The van der Waals surface area contributed by atoms with Gasteiger partial charge in [-0.3, -0.25) is 24.5 Å². The fourth-order valence-electron chi connectivity index (χ4n) is 3.70. The number of nitro groups is 1. The second kappa shape index (κ2) is 14.4. The van der Waals surface area contributed by atoms with Crippen LogP contribution in [0.2, 0.25) is 0 Å². The van der Waals surface area contributed by atoms with Crippen LogP contribution in [0.3, 0.4) is 0 Å². The Hall–Kier alpha value is -4.81. The highest BCUT2D eigenvalue weighted by Gasteiger charge is 2.18. The van der Waals surface area contributed by atoms with E-state index in [0.29, 0.717) is 21.3 Å². The molecule has 0 fully saturated rings. The number of nitrogens with one attached hydrogen (secondary N) is 3. The molecule has 4 rings (SSSR count). The Bertz CT molecular complexity index is 1680. The number of halogens is 2. The van der Waals surface area contributed by atoms with Crippen LogP contribution in [0.15, 0.2) is 112 Å². The second-order valence-corrected chi connectivity index (χ2v) is 11.4. The lowest BCUT2D eigenvalue weighted by atomic mass is 10.1. The minimum Gasteiger partial charge on any atom is -0.323 e. The lowest BCUT2D eigenvalue weighted by molar-refractivity contribution is -0.384. The molecule has 218 valence electrons. The Morgan fingerprint density at radius 3 is 2.23 bits per heavy atom. The third kappa shape index (κ3) is 8.84. The molecular weight excluding hydrogens is 639 g/mol. The quantitative estimate of drug-likeness (QED) is 0.0724. The predicted octanol–water partition coefficient (Wildman–Crippen LogP) is 7.03. The van der Waals surface area contributed by atoms with E-state index in [1.165, 1.54) is 54.2 Å². The van der Waals surface area contributed by atoms with E-state index in [0.717, 1.165) is 4.90 Å². The first-order valence-electron chi connectivity index (χ1n) is 12.8. The molecule has 0 aliphatic rings. The average Bonchev–Trinajstić information content (AvgIpc) is 2.99. The molecule has 4 aromatic rings. The second-order valence-electron chi connectivity index (χ2n) is 9.08. The number of rotatable bonds is 10. The number of anilines is 2. The zero-order valence-electron chi connectivity index (χ0n) is 22.5. The van der Waals surface area contributed by atoms with E-state index in [9.17, 15) is 28.9 Å². The van der Waals surface area contributed by atoms with Crippen LogP contribution in [-0.4, -0.2) is 27.9 Å². The van der Waals surface area contributed by atoms with E-state index in [1.807, 2.05) is 0 Å². The number of carbonyl (C=O) groups excluding carboxylic acids is 3. The van der Waals surface area contributed by atoms with Crippen LogP contribution in [0.5, 0.6) is 0 Å². The molecule has 1 atom stereocenters. The molecule has 4 aromatic carbocycles. The standard InChI is InChI=1S/C31H24BrFN4O5S/c1-19(29(38)35-27-16-9-22(32)18-26(27)33)43-25-14-10-23(11-15-25)34-31(40)28(36-30(39)21-5-3-2-4-6-21)17-20-7-12-24(13-8-20)37(41)42/h2-19H,1H3,(H,34,40)(H,35,38)(H,36,39)/b28-17-. The van der Waals surface area contributed by atoms with Gasteiger partial charge in [0.05, 0.1) is 15.9 Å². The van der Waals surface area contributed by atoms with Gasteiger partial charge in [0.25, 0.3) is 17.5 Å². The summed E-state index contributed by atoms with van der Waals surface area (Å²) in [4.78, 5) is 49.8. The Kier molecular flexibility index (Phi) is 10.4. The molecule has 0 aromatic heterocycles. The third-order valence-corrected chi connectivity index (χ3v) is 7.53. The van der Waals surface area contributed by atoms with Gasteiger partial charge in [0.15, 0.2) is 0 Å². The van der Waals surface area contributed by atoms with Crippen molar-refractivity contribution in [3.8, 4) is 0 Å². The number of non-ortho nitro benzene ring substituents is 1. The van der Waals surface area contributed by atoms with Crippen molar-refractivity contribution in [3.63, 3.8) is 0 Å². The highest BCUT2D eigenvalue weighted by atomic mass is 79.9. The minimum atomic E-state index is -0.618. The van der Waals surface area contributed by atoms with Crippen molar-refractivity contribution in [2.75, 3.05) is 10.6 Å². The number of carbonyl (C=O) groups is 3. The molecule has 12 heteroatoms. The third-order valence-electron chi connectivity index (χ3n) is 5.93. The van der Waals surface area contributed by atoms with Crippen LogP contribution in [0.4, 0.5) is 21.5 Å². The van der Waals surface area contributed by atoms with E-state index in [1.54, 1.807) is 67.6 Å². The zero-order valence-corrected chi connectivity index (χ0v) is 24.9. The average molecular weight is 664 g/mol. The maximum atomic E-state index is 14.1. The summed E-state index contributed by atoms with van der Waals surface area (Å²) in [5.41, 5.74) is 1.12. The van der Waals surface area contributed by atoms with Gasteiger partial charge < -0.3 is 16.0 Å². The summed E-state index contributed by atoms with van der Waals surface area (Å²) in [6, 6.07) is 25.0. The fraction of sp³-hybridized carbons (Fsp3) is 0.0645. The molecule has 0 heterocycles. The zero-order chi connectivity index (χ0) is 30.9. The van der Waals surface area contributed by atoms with E-state index in [2.05, 4.69) is 31.9 Å². The first-order chi connectivity index (χ1) is 20.6. The topological polar surface area (TPSA) is 130 Å². The van der Waals surface area contributed by atoms with Crippen molar-refractivity contribution in [1.82, 2.24) is 5.32 Å². The normalized spacial score (nSPS) is 11.7. The van der Waals surface area contributed by atoms with Crippen LogP contribution in [0, 0.1) is 15.9 Å². The lowest BCUT2D eigenvalue weighted by Crippen LogP contribution is -2.30. The van der Waals surface area contributed by atoms with Crippen LogP contribution >= 0.6 is 27.7 Å². The summed E-state index contributed by atoms with van der Waals surface area (Å²) < 4.78 is 14.7. The highest BCUT2D eigenvalue weighted by Crippen LogP contribution is 2.27. The Balaban J connectivity index is 1.45. The predicted molar refractivity (Wildman–Crippen MR) is 168 cm³/mol. The van der Waals surface area contributed by atoms with Crippen LogP contribution in [0.25, 0.3) is 6.08 Å². The van der Waals surface area contributed by atoms with Crippen LogP contribution in [0.1, 0.15) is 22.8 Å². The van der Waals surface area contributed by atoms with Crippen molar-refractivity contribution in [2.24, 2.45) is 0 Å². The number of thioether (sulfide) groups is 1. The van der Waals surface area contributed by atoms with E-state index < -0.39 is 27.8 Å². The summed E-state index contributed by atoms with van der Waals surface area (Å²) in [6.07, 6.45) is 1.42. The number of amides is 3. The summed E-state index contributed by atoms with van der Waals surface area (Å²) in [5.74, 6) is -2.06. The summed E-state index contributed by atoms with van der Waals surface area (Å²) in [5, 5.41) is 18.4. The van der Waals surface area contributed by atoms with Gasteiger partial charge in [0, 0.05) is 32.8 Å². The lowest BCUT2D eigenvalue weighted by Gasteiger charge is -2.14. The SMILES string of the molecule is CC(Sc1ccc(NC(=O)/C(=C/c2ccc([N+](=O)[O-])cc2)NC(=O)c2ccccc2)cc1)C(=O)Nc1ccc(Br)cc1F. The van der Waals surface area contributed by atoms with E-state index in [4.69, 9.17) is 0 Å². The van der Waals surface area contributed by atoms with Gasteiger partial charge in [-0.25, -0.2) is 4.39 Å². The summed E-state index contributed by atoms with van der Waals surface area (Å²) >= 11 is 4.43. The van der Waals surface area contributed by atoms with E-state index in [-0.39, 0.29) is 23.0 Å². The Morgan fingerprint density at radius 2 is 1.60 bits per heavy atom. The van der Waals surface area contributed by atoms with Gasteiger partial charge >= 0.3 is 0 Å². The molecule has 1 unspecified atom stereocenters. The Morgan fingerprint density at radius 1 is 0.930 bits per heavy atom. The molecule has 0 aliphatic carbocycles. The van der Waals surface area contributed by atoms with Gasteiger partial charge in [-0.2, -0.15) is 0 Å². The molecule has 3 amide bonds. The van der Waals surface area contributed by atoms with Crippen molar-refractivity contribution in [1.29, 1.82) is 0 Å². The monoisotopic (exact) mass is 662 g/mol. The van der Waals surface area contributed by atoms with Crippen LogP contribution < -0.4 is 16.0 Å². The maximum Gasteiger partial charge on any atom is 0.272 e. The molecule has 3 N–H and O–H groups in total. The molecule has 0 bridgehead atoms. The van der Waals surface area contributed by atoms with Crippen molar-refractivity contribution in [3.05, 3.63) is 134 Å². The fourth-order valence-corrected chi connectivity index (χ4v) is 4.90. The largest absolute Gasteiger partial charge is 0.323 e. The van der Waals surface area contributed by atoms with E-state index >= 15 is 0 Å². The van der Waals surface area contributed by atoms with Gasteiger partial charge in [0.2, 0.25) is 5.91 Å². The van der Waals surface area contributed by atoms with Gasteiger partial charge in [0.1, 0.15) is 11.5 Å². The van der Waals surface area contributed by atoms with Crippen molar-refractivity contribution >= 4 is 68.6 Å². The maximum absolute atomic E-state index is 14.1. The number of benzene rings is 4.